The number of aromatic carboxylic acids is 2. The molecule has 0 aliphatic rings. The maximum atomic E-state index is 14.3. The van der Waals surface area contributed by atoms with Crippen LogP contribution in [-0.2, 0) is 0 Å². The number of aromatic nitrogens is 1. The Morgan fingerprint density at radius 2 is 1.83 bits per heavy atom. The average molecular weight is 322 g/mol. The minimum Gasteiger partial charge on any atom is -0.497 e. The van der Waals surface area contributed by atoms with Gasteiger partial charge in [0.2, 0.25) is 0 Å². The van der Waals surface area contributed by atoms with Gasteiger partial charge < -0.3 is 25.7 Å². The number of hydrogen-bond donors (Lipinski definition) is 4. The van der Waals surface area contributed by atoms with Gasteiger partial charge >= 0.3 is 11.9 Å². The lowest BCUT2D eigenvalue weighted by Crippen LogP contribution is -2.24. The molecule has 0 fully saturated rings. The maximum Gasteiger partial charge on any atom is 0.342 e. The number of benzene rings is 1. The second-order valence-electron chi connectivity index (χ2n) is 4.45. The van der Waals surface area contributed by atoms with Gasteiger partial charge in [-0.15, -0.1) is 0 Å². The summed E-state index contributed by atoms with van der Waals surface area (Å²) < 4.78 is 19.1. The number of methoxy groups -OCH3 is 1. The fourth-order valence-corrected chi connectivity index (χ4v) is 2.14. The van der Waals surface area contributed by atoms with Crippen LogP contribution >= 0.6 is 0 Å². The Balaban J connectivity index is 2.97. The average Bonchev–Trinajstić information content (AvgIpc) is 2.45. The number of pyridine rings is 1. The number of carbonyl (C=O) groups is 2. The monoisotopic (exact) mass is 322 g/mol. The van der Waals surface area contributed by atoms with E-state index in [-0.39, 0.29) is 5.75 Å². The lowest BCUT2D eigenvalue weighted by molar-refractivity contribution is 0.0695. The van der Waals surface area contributed by atoms with E-state index >= 15 is 0 Å². The Bertz CT molecular complexity index is 874. The highest BCUT2D eigenvalue weighted by molar-refractivity contribution is 6.07. The molecule has 0 radical (unpaired) electrons. The van der Waals surface area contributed by atoms with Gasteiger partial charge in [0.15, 0.2) is 0 Å². The molecule has 9 heteroatoms. The van der Waals surface area contributed by atoms with Gasteiger partial charge in [0.05, 0.1) is 7.11 Å². The molecule has 1 heterocycles. The molecule has 0 unspecified atom stereocenters. The van der Waals surface area contributed by atoms with Crippen molar-refractivity contribution in [3.05, 3.63) is 45.5 Å². The molecule has 1 aromatic carbocycles. The molecule has 0 spiro atoms. The molecule has 8 nitrogen and oxygen atoms in total. The summed E-state index contributed by atoms with van der Waals surface area (Å²) in [7, 11) is 1.30. The molecule has 0 saturated carbocycles. The Kier molecular flexibility index (Phi) is 4.04. The van der Waals surface area contributed by atoms with Crippen LogP contribution < -0.4 is 16.0 Å². The molecule has 0 atom stereocenters. The van der Waals surface area contributed by atoms with Crippen molar-refractivity contribution in [1.82, 2.24) is 4.98 Å². The molecular formula is C14H11FN2O6. The number of H-pyrrole nitrogens is 1. The zero-order valence-corrected chi connectivity index (χ0v) is 11.7. The van der Waals surface area contributed by atoms with E-state index in [1.54, 1.807) is 0 Å². The topological polar surface area (TPSA) is 143 Å². The molecule has 0 saturated heterocycles. The molecule has 5 N–H and O–H groups in total. The number of nitrogens with one attached hydrogen (secondary N) is 1. The van der Waals surface area contributed by atoms with E-state index in [9.17, 15) is 29.0 Å². The summed E-state index contributed by atoms with van der Waals surface area (Å²) >= 11 is 0. The highest BCUT2D eigenvalue weighted by Gasteiger charge is 2.28. The quantitative estimate of drug-likeness (QED) is 0.661. The summed E-state index contributed by atoms with van der Waals surface area (Å²) in [5.41, 5.74) is 1.71. The van der Waals surface area contributed by atoms with E-state index in [0.717, 1.165) is 12.1 Å². The van der Waals surface area contributed by atoms with E-state index in [1.807, 2.05) is 4.98 Å². The van der Waals surface area contributed by atoms with Crippen LogP contribution in [0.5, 0.6) is 5.75 Å². The van der Waals surface area contributed by atoms with Crippen LogP contribution in [-0.4, -0.2) is 34.2 Å². The number of halogens is 1. The molecule has 0 aliphatic heterocycles. The summed E-state index contributed by atoms with van der Waals surface area (Å²) in [4.78, 5) is 36.5. The zero-order valence-electron chi connectivity index (χ0n) is 11.7. The number of ether oxygens (including phenoxy) is 1. The largest absolute Gasteiger partial charge is 0.497 e. The number of rotatable bonds is 4. The highest BCUT2D eigenvalue weighted by Crippen LogP contribution is 2.32. The van der Waals surface area contributed by atoms with E-state index in [0.29, 0.717) is 0 Å². The van der Waals surface area contributed by atoms with Crippen molar-refractivity contribution in [2.45, 2.75) is 0 Å². The fourth-order valence-electron chi connectivity index (χ4n) is 2.14. The normalized spacial score (nSPS) is 10.3. The highest BCUT2D eigenvalue weighted by atomic mass is 19.1. The van der Waals surface area contributed by atoms with Crippen molar-refractivity contribution in [2.75, 3.05) is 12.8 Å². The van der Waals surface area contributed by atoms with Crippen molar-refractivity contribution in [3.63, 3.8) is 0 Å². The Morgan fingerprint density at radius 3 is 2.30 bits per heavy atom. The second kappa shape index (κ2) is 5.79. The first-order valence-electron chi connectivity index (χ1n) is 6.14. The van der Waals surface area contributed by atoms with E-state index in [1.165, 1.54) is 13.2 Å². The number of aromatic amines is 1. The van der Waals surface area contributed by atoms with Gasteiger partial charge in [0, 0.05) is 17.2 Å². The fraction of sp³-hybridized carbons (Fsp3) is 0.0714. The van der Waals surface area contributed by atoms with E-state index in [2.05, 4.69) is 0 Å². The minimum absolute atomic E-state index is 0.137. The van der Waals surface area contributed by atoms with Crippen LogP contribution in [0.1, 0.15) is 20.7 Å². The summed E-state index contributed by atoms with van der Waals surface area (Å²) in [5.74, 6) is -4.71. The molecule has 0 aliphatic carbocycles. The van der Waals surface area contributed by atoms with Gasteiger partial charge in [-0.3, -0.25) is 4.79 Å². The summed E-state index contributed by atoms with van der Waals surface area (Å²) in [6.45, 7) is 0. The van der Waals surface area contributed by atoms with E-state index < -0.39 is 51.4 Å². The maximum absolute atomic E-state index is 14.3. The molecule has 2 rings (SSSR count). The van der Waals surface area contributed by atoms with Crippen molar-refractivity contribution >= 4 is 17.8 Å². The molecule has 1 aromatic heterocycles. The third-order valence-electron chi connectivity index (χ3n) is 3.12. The second-order valence-corrected chi connectivity index (χ2v) is 4.45. The zero-order chi connectivity index (χ0) is 17.3. The SMILES string of the molecule is COc1ccc(-c2c(C(=O)O)c(N)[nH]c(=O)c2C(=O)O)c(F)c1. The van der Waals surface area contributed by atoms with Crippen molar-refractivity contribution < 1.29 is 28.9 Å². The summed E-state index contributed by atoms with van der Waals surface area (Å²) in [5, 5.41) is 18.5. The van der Waals surface area contributed by atoms with Gasteiger partial charge in [0.25, 0.3) is 5.56 Å². The van der Waals surface area contributed by atoms with Gasteiger partial charge in [0.1, 0.15) is 28.5 Å². The van der Waals surface area contributed by atoms with Crippen molar-refractivity contribution in [3.8, 4) is 16.9 Å². The molecule has 120 valence electrons. The van der Waals surface area contributed by atoms with Crippen molar-refractivity contribution in [1.29, 1.82) is 0 Å². The van der Waals surface area contributed by atoms with Crippen LogP contribution in [0.3, 0.4) is 0 Å². The molecule has 0 amide bonds. The number of carboxylic acid groups (broad SMARTS) is 2. The molecule has 0 bridgehead atoms. The smallest absolute Gasteiger partial charge is 0.342 e. The third kappa shape index (κ3) is 2.71. The number of carboxylic acids is 2. The lowest BCUT2D eigenvalue weighted by atomic mass is 9.95. The molecule has 2 aromatic rings. The Morgan fingerprint density at radius 1 is 1.22 bits per heavy atom. The van der Waals surface area contributed by atoms with Crippen LogP contribution in [0, 0.1) is 5.82 Å². The Hall–Kier alpha value is -3.36. The lowest BCUT2D eigenvalue weighted by Gasteiger charge is -2.13. The number of anilines is 1. The number of nitrogens with two attached hydrogens (primary N) is 1. The summed E-state index contributed by atoms with van der Waals surface area (Å²) in [6, 6.07) is 3.35. The number of nitrogen functional groups attached to an aromatic ring is 1. The van der Waals surface area contributed by atoms with Gasteiger partial charge in [-0.25, -0.2) is 14.0 Å². The van der Waals surface area contributed by atoms with Crippen LogP contribution in [0.2, 0.25) is 0 Å². The van der Waals surface area contributed by atoms with Gasteiger partial charge in [-0.2, -0.15) is 0 Å². The van der Waals surface area contributed by atoms with Crippen LogP contribution in [0.15, 0.2) is 23.0 Å². The third-order valence-corrected chi connectivity index (χ3v) is 3.12. The van der Waals surface area contributed by atoms with Gasteiger partial charge in [-0.1, -0.05) is 0 Å². The predicted octanol–water partition coefficient (Wildman–Crippen LogP) is 1.17. The first-order chi connectivity index (χ1) is 10.8. The summed E-state index contributed by atoms with van der Waals surface area (Å²) in [6.07, 6.45) is 0. The first kappa shape index (κ1) is 16.0. The Labute approximate surface area is 127 Å². The van der Waals surface area contributed by atoms with Crippen LogP contribution in [0.25, 0.3) is 11.1 Å². The standard InChI is InChI=1S/C14H11FN2O6/c1-23-5-2-3-6(7(15)4-5)8-9(13(19)20)11(16)17-12(18)10(8)14(21)22/h2-4H,1H3,(H,19,20)(H,21,22)(H3,16,17,18). The van der Waals surface area contributed by atoms with Gasteiger partial charge in [-0.05, 0) is 12.1 Å². The first-order valence-corrected chi connectivity index (χ1v) is 6.14. The predicted molar refractivity (Wildman–Crippen MR) is 77.3 cm³/mol. The van der Waals surface area contributed by atoms with Crippen molar-refractivity contribution in [2.24, 2.45) is 0 Å². The minimum atomic E-state index is -1.71. The van der Waals surface area contributed by atoms with E-state index in [4.69, 9.17) is 10.5 Å². The molecule has 23 heavy (non-hydrogen) atoms. The molecular weight excluding hydrogens is 311 g/mol. The van der Waals surface area contributed by atoms with Crippen LogP contribution in [0.4, 0.5) is 10.2 Å². The number of hydrogen-bond acceptors (Lipinski definition) is 5.